The smallest absolute Gasteiger partial charge is 0.407 e. The molecule has 6 nitrogen and oxygen atoms in total. The third kappa shape index (κ3) is 5.74. The van der Waals surface area contributed by atoms with E-state index in [9.17, 15) is 4.79 Å². The average Bonchev–Trinajstić information content (AvgIpc) is 2.73. The molecular formula is C13H24N4O2. The molecular weight excluding hydrogens is 244 g/mol. The standard InChI is InChI=1S/C13H24N4O2/c1-5-17-7-6-10(16-17)8-11(9-14)15-12(18)19-13(2,3)4/h6-7,11H,5,8-9,14H2,1-4H3,(H,15,18). The van der Waals surface area contributed by atoms with Crippen LogP contribution in [0.1, 0.15) is 33.4 Å². The molecule has 6 heteroatoms. The van der Waals surface area contributed by atoms with E-state index in [1.807, 2.05) is 44.6 Å². The number of rotatable bonds is 5. The van der Waals surface area contributed by atoms with Crippen molar-refractivity contribution in [2.24, 2.45) is 5.73 Å². The van der Waals surface area contributed by atoms with Crippen LogP contribution in [0.5, 0.6) is 0 Å². The fourth-order valence-corrected chi connectivity index (χ4v) is 1.61. The lowest BCUT2D eigenvalue weighted by Gasteiger charge is -2.22. The van der Waals surface area contributed by atoms with Crippen molar-refractivity contribution >= 4 is 6.09 Å². The maximum Gasteiger partial charge on any atom is 0.407 e. The Hall–Kier alpha value is -1.56. The van der Waals surface area contributed by atoms with Gasteiger partial charge < -0.3 is 15.8 Å². The number of hydrogen-bond donors (Lipinski definition) is 2. The third-order valence-corrected chi connectivity index (χ3v) is 2.48. The van der Waals surface area contributed by atoms with Gasteiger partial charge in [-0.2, -0.15) is 5.10 Å². The quantitative estimate of drug-likeness (QED) is 0.843. The van der Waals surface area contributed by atoms with Crippen LogP contribution in [0.3, 0.4) is 0 Å². The van der Waals surface area contributed by atoms with Crippen molar-refractivity contribution in [1.29, 1.82) is 0 Å². The molecule has 0 fully saturated rings. The molecule has 1 heterocycles. The van der Waals surface area contributed by atoms with E-state index in [2.05, 4.69) is 10.4 Å². The number of carbonyl (C=O) groups excluding carboxylic acids is 1. The maximum atomic E-state index is 11.7. The van der Waals surface area contributed by atoms with Crippen LogP contribution in [-0.4, -0.2) is 34.1 Å². The first-order valence-electron chi connectivity index (χ1n) is 6.56. The summed E-state index contributed by atoms with van der Waals surface area (Å²) in [5.74, 6) is 0. The first kappa shape index (κ1) is 15.5. The number of aryl methyl sites for hydroxylation is 1. The molecule has 1 unspecified atom stereocenters. The zero-order valence-electron chi connectivity index (χ0n) is 12.1. The second-order valence-corrected chi connectivity index (χ2v) is 5.45. The SMILES string of the molecule is CCn1ccc(CC(CN)NC(=O)OC(C)(C)C)n1. The summed E-state index contributed by atoms with van der Waals surface area (Å²) in [5, 5.41) is 7.13. The summed E-state index contributed by atoms with van der Waals surface area (Å²) in [6.45, 7) is 8.67. The minimum atomic E-state index is -0.507. The van der Waals surface area contributed by atoms with E-state index in [0.29, 0.717) is 13.0 Å². The summed E-state index contributed by atoms with van der Waals surface area (Å²) in [6, 6.07) is 1.76. The Bertz CT molecular complexity index is 409. The molecule has 0 aromatic carbocycles. The fraction of sp³-hybridized carbons (Fsp3) is 0.692. The minimum absolute atomic E-state index is 0.171. The zero-order valence-corrected chi connectivity index (χ0v) is 12.1. The van der Waals surface area contributed by atoms with Gasteiger partial charge in [0.2, 0.25) is 0 Å². The van der Waals surface area contributed by atoms with Gasteiger partial charge in [-0.1, -0.05) is 0 Å². The molecule has 1 aromatic heterocycles. The highest BCUT2D eigenvalue weighted by molar-refractivity contribution is 5.68. The number of amides is 1. The summed E-state index contributed by atoms with van der Waals surface area (Å²) in [5.41, 5.74) is 6.07. The van der Waals surface area contributed by atoms with Crippen LogP contribution in [0.4, 0.5) is 4.79 Å². The monoisotopic (exact) mass is 268 g/mol. The Morgan fingerprint density at radius 1 is 1.58 bits per heavy atom. The van der Waals surface area contributed by atoms with Gasteiger partial charge in [0.25, 0.3) is 0 Å². The predicted molar refractivity (Wildman–Crippen MR) is 73.8 cm³/mol. The number of hydrogen-bond acceptors (Lipinski definition) is 4. The molecule has 1 aromatic rings. The van der Waals surface area contributed by atoms with Crippen LogP contribution in [0, 0.1) is 0 Å². The molecule has 0 bridgehead atoms. The van der Waals surface area contributed by atoms with E-state index in [4.69, 9.17) is 10.5 Å². The normalized spacial score (nSPS) is 13.1. The van der Waals surface area contributed by atoms with Gasteiger partial charge in [-0.3, -0.25) is 4.68 Å². The predicted octanol–water partition coefficient (Wildman–Crippen LogP) is 1.30. The zero-order chi connectivity index (χ0) is 14.5. The molecule has 0 aliphatic rings. The molecule has 1 rings (SSSR count). The molecule has 1 amide bonds. The Kier molecular flexibility index (Phi) is 5.35. The minimum Gasteiger partial charge on any atom is -0.444 e. The molecule has 3 N–H and O–H groups in total. The van der Waals surface area contributed by atoms with E-state index in [-0.39, 0.29) is 6.04 Å². The van der Waals surface area contributed by atoms with Gasteiger partial charge in [-0.05, 0) is 33.8 Å². The lowest BCUT2D eigenvalue weighted by Crippen LogP contribution is -2.44. The van der Waals surface area contributed by atoms with Crippen LogP contribution in [0.25, 0.3) is 0 Å². The lowest BCUT2D eigenvalue weighted by molar-refractivity contribution is 0.0505. The molecule has 0 radical (unpaired) electrons. The van der Waals surface area contributed by atoms with Gasteiger partial charge >= 0.3 is 6.09 Å². The summed E-state index contributed by atoms with van der Waals surface area (Å²) < 4.78 is 7.05. The van der Waals surface area contributed by atoms with Crippen molar-refractivity contribution < 1.29 is 9.53 Å². The molecule has 0 spiro atoms. The van der Waals surface area contributed by atoms with Crippen molar-refractivity contribution in [3.05, 3.63) is 18.0 Å². The Labute approximate surface area is 114 Å². The number of ether oxygens (including phenoxy) is 1. The van der Waals surface area contributed by atoms with Crippen LogP contribution >= 0.6 is 0 Å². The van der Waals surface area contributed by atoms with Crippen molar-refractivity contribution in [1.82, 2.24) is 15.1 Å². The Morgan fingerprint density at radius 2 is 2.26 bits per heavy atom. The molecule has 108 valence electrons. The van der Waals surface area contributed by atoms with Crippen LogP contribution in [-0.2, 0) is 17.7 Å². The van der Waals surface area contributed by atoms with Crippen LogP contribution < -0.4 is 11.1 Å². The van der Waals surface area contributed by atoms with Gasteiger partial charge in [0.15, 0.2) is 0 Å². The summed E-state index contributed by atoms with van der Waals surface area (Å²) in [6.07, 6.45) is 2.07. The number of nitrogens with one attached hydrogen (secondary N) is 1. The number of alkyl carbamates (subject to hydrolysis) is 1. The van der Waals surface area contributed by atoms with Gasteiger partial charge in [-0.25, -0.2) is 4.79 Å². The topological polar surface area (TPSA) is 82.2 Å². The number of nitrogens with zero attached hydrogens (tertiary/aromatic N) is 2. The van der Waals surface area contributed by atoms with Crippen molar-refractivity contribution in [3.8, 4) is 0 Å². The first-order valence-corrected chi connectivity index (χ1v) is 6.56. The largest absolute Gasteiger partial charge is 0.444 e. The van der Waals surface area contributed by atoms with Crippen molar-refractivity contribution in [3.63, 3.8) is 0 Å². The highest BCUT2D eigenvalue weighted by Crippen LogP contribution is 2.07. The Balaban J connectivity index is 2.51. The summed E-state index contributed by atoms with van der Waals surface area (Å²) in [7, 11) is 0. The lowest BCUT2D eigenvalue weighted by atomic mass is 10.1. The number of aromatic nitrogens is 2. The third-order valence-electron chi connectivity index (χ3n) is 2.48. The van der Waals surface area contributed by atoms with Crippen LogP contribution in [0.2, 0.25) is 0 Å². The van der Waals surface area contributed by atoms with E-state index >= 15 is 0 Å². The van der Waals surface area contributed by atoms with E-state index in [1.54, 1.807) is 0 Å². The van der Waals surface area contributed by atoms with E-state index < -0.39 is 11.7 Å². The number of nitrogens with two attached hydrogens (primary N) is 1. The highest BCUT2D eigenvalue weighted by atomic mass is 16.6. The van der Waals surface area contributed by atoms with Crippen LogP contribution in [0.15, 0.2) is 12.3 Å². The fourth-order valence-electron chi connectivity index (χ4n) is 1.61. The maximum absolute atomic E-state index is 11.7. The molecule has 19 heavy (non-hydrogen) atoms. The average molecular weight is 268 g/mol. The molecule has 0 aliphatic carbocycles. The number of carbonyl (C=O) groups is 1. The van der Waals surface area contributed by atoms with Crippen molar-refractivity contribution in [2.45, 2.75) is 52.3 Å². The highest BCUT2D eigenvalue weighted by Gasteiger charge is 2.19. The second-order valence-electron chi connectivity index (χ2n) is 5.45. The molecule has 1 atom stereocenters. The molecule has 0 aliphatic heterocycles. The Morgan fingerprint density at radius 3 is 2.74 bits per heavy atom. The first-order chi connectivity index (χ1) is 8.84. The van der Waals surface area contributed by atoms with Crippen molar-refractivity contribution in [2.75, 3.05) is 6.54 Å². The summed E-state index contributed by atoms with van der Waals surface area (Å²) in [4.78, 5) is 11.7. The van der Waals surface area contributed by atoms with Gasteiger partial charge in [0.05, 0.1) is 5.69 Å². The van der Waals surface area contributed by atoms with E-state index in [0.717, 1.165) is 12.2 Å². The van der Waals surface area contributed by atoms with Gasteiger partial charge in [-0.15, -0.1) is 0 Å². The molecule has 0 saturated carbocycles. The summed E-state index contributed by atoms with van der Waals surface area (Å²) >= 11 is 0. The van der Waals surface area contributed by atoms with Gasteiger partial charge in [0.1, 0.15) is 5.60 Å². The second kappa shape index (κ2) is 6.56. The van der Waals surface area contributed by atoms with Gasteiger partial charge in [0, 0.05) is 31.7 Å². The van der Waals surface area contributed by atoms with E-state index in [1.165, 1.54) is 0 Å². The molecule has 0 saturated heterocycles.